The van der Waals surface area contributed by atoms with Crippen molar-refractivity contribution in [1.82, 2.24) is 10.2 Å². The Morgan fingerprint density at radius 1 is 1.71 bits per heavy atom. The molecule has 1 heterocycles. The summed E-state index contributed by atoms with van der Waals surface area (Å²) in [5, 5.41) is 12.3. The topological polar surface area (TPSA) is 52.6 Å². The molecule has 4 heteroatoms. The molecule has 0 saturated carbocycles. The van der Waals surface area contributed by atoms with E-state index >= 15 is 0 Å². The summed E-state index contributed by atoms with van der Waals surface area (Å²) in [7, 11) is 0. The van der Waals surface area contributed by atoms with E-state index in [0.29, 0.717) is 13.0 Å². The predicted octanol–water partition coefficient (Wildman–Crippen LogP) is -0.0323. The number of nitrogens with zero attached hydrogens (tertiary/aromatic N) is 1. The van der Waals surface area contributed by atoms with Gasteiger partial charge in [0.2, 0.25) is 5.91 Å². The summed E-state index contributed by atoms with van der Waals surface area (Å²) in [5.41, 5.74) is 0. The van der Waals surface area contributed by atoms with Crippen molar-refractivity contribution in [2.75, 3.05) is 19.6 Å². The molecule has 0 aliphatic carbocycles. The molecule has 0 radical (unpaired) electrons. The van der Waals surface area contributed by atoms with Gasteiger partial charge in [0.1, 0.15) is 0 Å². The first-order valence-corrected chi connectivity index (χ1v) is 5.31. The first-order valence-electron chi connectivity index (χ1n) is 5.31. The molecule has 0 bridgehead atoms. The second-order valence-electron chi connectivity index (χ2n) is 3.99. The lowest BCUT2D eigenvalue weighted by Gasteiger charge is -2.23. The summed E-state index contributed by atoms with van der Waals surface area (Å²) in [5.74, 6) is 0.156. The molecule has 2 atom stereocenters. The predicted molar refractivity (Wildman–Crippen MR) is 55.0 cm³/mol. The van der Waals surface area contributed by atoms with Crippen LogP contribution in [0, 0.1) is 0 Å². The molecule has 1 aliphatic rings. The molecule has 1 rings (SSSR count). The first-order chi connectivity index (χ1) is 6.61. The Kier molecular flexibility index (Phi) is 4.35. The lowest BCUT2D eigenvalue weighted by molar-refractivity contribution is -0.132. The van der Waals surface area contributed by atoms with Gasteiger partial charge in [-0.2, -0.15) is 0 Å². The molecule has 0 aromatic rings. The van der Waals surface area contributed by atoms with Gasteiger partial charge in [-0.15, -0.1) is 0 Å². The average molecular weight is 200 g/mol. The third kappa shape index (κ3) is 3.27. The van der Waals surface area contributed by atoms with Gasteiger partial charge in [0.05, 0.1) is 12.1 Å². The molecule has 4 nitrogen and oxygen atoms in total. The molecule has 1 saturated heterocycles. The largest absolute Gasteiger partial charge is 0.393 e. The molecule has 0 spiro atoms. The van der Waals surface area contributed by atoms with Crippen LogP contribution in [0.15, 0.2) is 0 Å². The minimum atomic E-state index is -0.325. The molecule has 82 valence electrons. The van der Waals surface area contributed by atoms with Crippen LogP contribution in [-0.2, 0) is 4.79 Å². The molecule has 0 aromatic carbocycles. The van der Waals surface area contributed by atoms with E-state index in [-0.39, 0.29) is 18.1 Å². The maximum absolute atomic E-state index is 11.7. The Balaban J connectivity index is 2.44. The highest BCUT2D eigenvalue weighted by Gasteiger charge is 2.22. The highest BCUT2D eigenvalue weighted by Crippen LogP contribution is 2.04. The van der Waals surface area contributed by atoms with Gasteiger partial charge >= 0.3 is 0 Å². The van der Waals surface area contributed by atoms with Gasteiger partial charge in [-0.3, -0.25) is 4.79 Å². The number of hydrogen-bond acceptors (Lipinski definition) is 3. The smallest absolute Gasteiger partial charge is 0.239 e. The molecule has 2 N–H and O–H groups in total. The number of aliphatic hydroxyl groups excluding tert-OH is 1. The lowest BCUT2D eigenvalue weighted by atomic mass is 10.2. The summed E-state index contributed by atoms with van der Waals surface area (Å²) >= 11 is 0. The normalized spacial score (nSPS) is 26.1. The van der Waals surface area contributed by atoms with Gasteiger partial charge in [-0.05, 0) is 33.2 Å². The Morgan fingerprint density at radius 3 is 3.07 bits per heavy atom. The third-order valence-electron chi connectivity index (χ3n) is 2.55. The SMILES string of the molecule is CC(O)CCN1CCCNC(C)C1=O. The van der Waals surface area contributed by atoms with Crippen molar-refractivity contribution in [2.24, 2.45) is 0 Å². The highest BCUT2D eigenvalue weighted by molar-refractivity contribution is 5.81. The maximum Gasteiger partial charge on any atom is 0.239 e. The van der Waals surface area contributed by atoms with Crippen LogP contribution in [0.5, 0.6) is 0 Å². The van der Waals surface area contributed by atoms with E-state index in [2.05, 4.69) is 5.32 Å². The summed E-state index contributed by atoms with van der Waals surface area (Å²) in [6, 6.07) is -0.0773. The van der Waals surface area contributed by atoms with Gasteiger partial charge in [0.25, 0.3) is 0 Å². The standard InChI is InChI=1S/C10H20N2O2/c1-8(13)4-7-12-6-3-5-11-9(2)10(12)14/h8-9,11,13H,3-7H2,1-2H3. The summed E-state index contributed by atoms with van der Waals surface area (Å²) in [6.07, 6.45) is 1.34. The lowest BCUT2D eigenvalue weighted by Crippen LogP contribution is -2.42. The van der Waals surface area contributed by atoms with Gasteiger partial charge in [0.15, 0.2) is 0 Å². The molecule has 2 unspecified atom stereocenters. The van der Waals surface area contributed by atoms with E-state index in [9.17, 15) is 4.79 Å². The Labute approximate surface area is 85.3 Å². The van der Waals surface area contributed by atoms with Crippen molar-refractivity contribution in [1.29, 1.82) is 0 Å². The van der Waals surface area contributed by atoms with Gasteiger partial charge in [-0.25, -0.2) is 0 Å². The molecule has 0 aromatic heterocycles. The number of hydrogen-bond donors (Lipinski definition) is 2. The number of carbonyl (C=O) groups is 1. The van der Waals surface area contributed by atoms with Gasteiger partial charge in [0, 0.05) is 13.1 Å². The van der Waals surface area contributed by atoms with E-state index in [1.807, 2.05) is 11.8 Å². The van der Waals surface area contributed by atoms with Crippen molar-refractivity contribution in [3.63, 3.8) is 0 Å². The van der Waals surface area contributed by atoms with Crippen LogP contribution in [-0.4, -0.2) is 47.7 Å². The van der Waals surface area contributed by atoms with Crippen LogP contribution in [0.3, 0.4) is 0 Å². The van der Waals surface area contributed by atoms with Crippen molar-refractivity contribution >= 4 is 5.91 Å². The fourth-order valence-corrected chi connectivity index (χ4v) is 1.62. The third-order valence-corrected chi connectivity index (χ3v) is 2.55. The zero-order valence-electron chi connectivity index (χ0n) is 8.99. The molecule has 14 heavy (non-hydrogen) atoms. The van der Waals surface area contributed by atoms with Crippen LogP contribution >= 0.6 is 0 Å². The number of amides is 1. The monoisotopic (exact) mass is 200 g/mol. The Bertz CT molecular complexity index is 195. The van der Waals surface area contributed by atoms with Crippen molar-refractivity contribution in [3.05, 3.63) is 0 Å². The van der Waals surface area contributed by atoms with E-state index in [1.165, 1.54) is 0 Å². The summed E-state index contributed by atoms with van der Waals surface area (Å²) in [4.78, 5) is 13.6. The molecule has 1 amide bonds. The van der Waals surface area contributed by atoms with Crippen LogP contribution in [0.4, 0.5) is 0 Å². The average Bonchev–Trinajstić information content (AvgIpc) is 2.28. The van der Waals surface area contributed by atoms with Crippen molar-refractivity contribution in [3.8, 4) is 0 Å². The molecular weight excluding hydrogens is 180 g/mol. The highest BCUT2D eigenvalue weighted by atomic mass is 16.3. The molecule has 1 fully saturated rings. The summed E-state index contributed by atoms with van der Waals surface area (Å²) < 4.78 is 0. The number of nitrogens with one attached hydrogen (secondary N) is 1. The number of rotatable bonds is 3. The Morgan fingerprint density at radius 2 is 2.43 bits per heavy atom. The van der Waals surface area contributed by atoms with Crippen LogP contribution in [0.2, 0.25) is 0 Å². The van der Waals surface area contributed by atoms with Crippen molar-refractivity contribution < 1.29 is 9.90 Å². The summed E-state index contributed by atoms with van der Waals surface area (Å²) in [6.45, 7) is 6.02. The zero-order chi connectivity index (χ0) is 10.6. The van der Waals surface area contributed by atoms with Gasteiger partial charge in [-0.1, -0.05) is 0 Å². The second kappa shape index (κ2) is 5.32. The first kappa shape index (κ1) is 11.5. The maximum atomic E-state index is 11.7. The number of aliphatic hydroxyl groups is 1. The zero-order valence-corrected chi connectivity index (χ0v) is 8.99. The van der Waals surface area contributed by atoms with E-state index in [4.69, 9.17) is 5.11 Å². The van der Waals surface area contributed by atoms with Crippen LogP contribution in [0.1, 0.15) is 26.7 Å². The van der Waals surface area contributed by atoms with Gasteiger partial charge < -0.3 is 15.3 Å². The fourth-order valence-electron chi connectivity index (χ4n) is 1.62. The second-order valence-corrected chi connectivity index (χ2v) is 3.99. The van der Waals surface area contributed by atoms with Crippen LogP contribution < -0.4 is 5.32 Å². The van der Waals surface area contributed by atoms with E-state index in [0.717, 1.165) is 19.5 Å². The van der Waals surface area contributed by atoms with Crippen LogP contribution in [0.25, 0.3) is 0 Å². The van der Waals surface area contributed by atoms with Crippen molar-refractivity contribution in [2.45, 2.75) is 38.8 Å². The van der Waals surface area contributed by atoms with E-state index < -0.39 is 0 Å². The fraction of sp³-hybridized carbons (Fsp3) is 0.900. The molecular formula is C10H20N2O2. The quantitative estimate of drug-likeness (QED) is 0.672. The van der Waals surface area contributed by atoms with E-state index in [1.54, 1.807) is 6.92 Å². The Hall–Kier alpha value is -0.610. The molecule has 1 aliphatic heterocycles. The minimum Gasteiger partial charge on any atom is -0.393 e. The minimum absolute atomic E-state index is 0.0773. The number of carbonyl (C=O) groups excluding carboxylic acids is 1.